The van der Waals surface area contributed by atoms with E-state index < -0.39 is 12.0 Å². The highest BCUT2D eigenvalue weighted by Crippen LogP contribution is 2.22. The fourth-order valence-corrected chi connectivity index (χ4v) is 2.04. The van der Waals surface area contributed by atoms with E-state index in [-0.39, 0.29) is 5.69 Å². The minimum Gasteiger partial charge on any atom is -0.477 e. The quantitative estimate of drug-likeness (QED) is 0.801. The lowest BCUT2D eigenvalue weighted by Gasteiger charge is -2.08. The predicted octanol–water partition coefficient (Wildman–Crippen LogP) is 3.73. The van der Waals surface area contributed by atoms with Gasteiger partial charge < -0.3 is 15.7 Å². The van der Waals surface area contributed by atoms with Crippen molar-refractivity contribution >= 4 is 46.6 Å². The number of carbonyl (C=O) groups is 2. The maximum absolute atomic E-state index is 11.8. The molecule has 0 atom stereocenters. The molecule has 0 unspecified atom stereocenters. The summed E-state index contributed by atoms with van der Waals surface area (Å²) in [4.78, 5) is 26.1. The van der Waals surface area contributed by atoms with Crippen LogP contribution in [0.25, 0.3) is 0 Å². The Balaban J connectivity index is 2.02. The van der Waals surface area contributed by atoms with Gasteiger partial charge in [0.1, 0.15) is 5.69 Å². The topological polar surface area (TPSA) is 91.3 Å². The molecular formula is C13H9Cl2N3O3. The van der Waals surface area contributed by atoms with Crippen molar-refractivity contribution < 1.29 is 14.7 Å². The number of benzene rings is 1. The number of aromatic carboxylic acids is 1. The van der Waals surface area contributed by atoms with Crippen molar-refractivity contribution in [2.24, 2.45) is 0 Å². The number of carbonyl (C=O) groups excluding carboxylic acids is 1. The summed E-state index contributed by atoms with van der Waals surface area (Å²) in [5.41, 5.74) is 0.674. The third-order valence-corrected chi connectivity index (χ3v) is 2.80. The van der Waals surface area contributed by atoms with Crippen LogP contribution in [0, 0.1) is 0 Å². The minimum absolute atomic E-state index is 0.109. The molecule has 108 valence electrons. The van der Waals surface area contributed by atoms with Gasteiger partial charge in [-0.2, -0.15) is 0 Å². The van der Waals surface area contributed by atoms with Gasteiger partial charge in [-0.3, -0.25) is 0 Å². The summed E-state index contributed by atoms with van der Waals surface area (Å²) in [6.45, 7) is 0. The summed E-state index contributed by atoms with van der Waals surface area (Å²) in [5.74, 6) is -1.14. The Kier molecular flexibility index (Phi) is 4.62. The second kappa shape index (κ2) is 6.43. The van der Waals surface area contributed by atoms with Crippen LogP contribution in [0.2, 0.25) is 10.0 Å². The Morgan fingerprint density at radius 2 is 1.62 bits per heavy atom. The van der Waals surface area contributed by atoms with Gasteiger partial charge in [0, 0.05) is 15.7 Å². The van der Waals surface area contributed by atoms with Gasteiger partial charge in [0.2, 0.25) is 0 Å². The summed E-state index contributed by atoms with van der Waals surface area (Å²) in [7, 11) is 0. The number of carboxylic acid groups (broad SMARTS) is 1. The zero-order chi connectivity index (χ0) is 15.4. The molecule has 0 aliphatic carbocycles. The molecule has 6 nitrogen and oxygen atoms in total. The van der Waals surface area contributed by atoms with Crippen molar-refractivity contribution in [3.63, 3.8) is 0 Å². The second-order valence-corrected chi connectivity index (χ2v) is 4.85. The first-order chi connectivity index (χ1) is 9.94. The van der Waals surface area contributed by atoms with Crippen LogP contribution in [0.1, 0.15) is 10.5 Å². The van der Waals surface area contributed by atoms with Gasteiger partial charge in [-0.05, 0) is 30.3 Å². The number of anilines is 2. The average Bonchev–Trinajstić information content (AvgIpc) is 2.37. The molecule has 1 aromatic carbocycles. The standard InChI is InChI=1S/C13H9Cl2N3O3/c14-7-3-8(15)5-10(4-7)18-13(21)17-9-1-2-11(12(19)20)16-6-9/h1-6H,(H,19,20)(H2,17,18,21). The molecule has 1 aromatic heterocycles. The number of nitrogens with one attached hydrogen (secondary N) is 2. The van der Waals surface area contributed by atoms with Gasteiger partial charge in [-0.15, -0.1) is 0 Å². The third-order valence-electron chi connectivity index (χ3n) is 2.36. The van der Waals surface area contributed by atoms with Crippen molar-refractivity contribution in [3.8, 4) is 0 Å². The number of carboxylic acids is 1. The van der Waals surface area contributed by atoms with E-state index >= 15 is 0 Å². The van der Waals surface area contributed by atoms with E-state index in [4.69, 9.17) is 28.3 Å². The number of hydrogen-bond acceptors (Lipinski definition) is 3. The number of urea groups is 1. The van der Waals surface area contributed by atoms with E-state index in [2.05, 4.69) is 15.6 Å². The van der Waals surface area contributed by atoms with Gasteiger partial charge in [0.25, 0.3) is 0 Å². The molecule has 8 heteroatoms. The largest absolute Gasteiger partial charge is 0.477 e. The molecule has 0 saturated heterocycles. The molecule has 0 spiro atoms. The minimum atomic E-state index is -1.14. The lowest BCUT2D eigenvalue weighted by Crippen LogP contribution is -2.19. The van der Waals surface area contributed by atoms with Crippen LogP contribution >= 0.6 is 23.2 Å². The summed E-state index contributed by atoms with van der Waals surface area (Å²) >= 11 is 11.6. The Labute approximate surface area is 129 Å². The van der Waals surface area contributed by atoms with E-state index in [1.165, 1.54) is 18.3 Å². The van der Waals surface area contributed by atoms with Crippen LogP contribution in [-0.4, -0.2) is 22.1 Å². The lowest BCUT2D eigenvalue weighted by atomic mass is 10.3. The number of nitrogens with zero attached hydrogens (tertiary/aromatic N) is 1. The van der Waals surface area contributed by atoms with Gasteiger partial charge in [0.15, 0.2) is 0 Å². The van der Waals surface area contributed by atoms with Crippen LogP contribution in [-0.2, 0) is 0 Å². The first-order valence-electron chi connectivity index (χ1n) is 5.67. The first kappa shape index (κ1) is 15.1. The number of pyridine rings is 1. The van der Waals surface area contributed by atoms with Crippen LogP contribution in [0.15, 0.2) is 36.5 Å². The average molecular weight is 326 g/mol. The Hall–Kier alpha value is -2.31. The summed E-state index contributed by atoms with van der Waals surface area (Å²) < 4.78 is 0. The van der Waals surface area contributed by atoms with E-state index in [9.17, 15) is 9.59 Å². The fraction of sp³-hybridized carbons (Fsp3) is 0. The van der Waals surface area contributed by atoms with Gasteiger partial charge in [0.05, 0.1) is 11.9 Å². The first-order valence-corrected chi connectivity index (χ1v) is 6.43. The summed E-state index contributed by atoms with van der Waals surface area (Å²) in [6, 6.07) is 6.81. The maximum atomic E-state index is 11.8. The van der Waals surface area contributed by atoms with Crippen LogP contribution in [0.5, 0.6) is 0 Å². The summed E-state index contributed by atoms with van der Waals surface area (Å²) in [6.07, 6.45) is 1.24. The predicted molar refractivity (Wildman–Crippen MR) is 80.3 cm³/mol. The lowest BCUT2D eigenvalue weighted by molar-refractivity contribution is 0.0690. The maximum Gasteiger partial charge on any atom is 0.354 e. The molecule has 0 saturated carbocycles. The smallest absolute Gasteiger partial charge is 0.354 e. The van der Waals surface area contributed by atoms with E-state index in [0.29, 0.717) is 21.4 Å². The van der Waals surface area contributed by atoms with Crippen LogP contribution < -0.4 is 10.6 Å². The highest BCUT2D eigenvalue weighted by Gasteiger charge is 2.07. The molecule has 1 heterocycles. The molecule has 0 aliphatic rings. The van der Waals surface area contributed by atoms with Gasteiger partial charge in [-0.1, -0.05) is 23.2 Å². The molecule has 0 bridgehead atoms. The normalized spacial score (nSPS) is 10.0. The Morgan fingerprint density at radius 1 is 1.00 bits per heavy atom. The highest BCUT2D eigenvalue weighted by molar-refractivity contribution is 6.35. The molecule has 2 rings (SSSR count). The number of aromatic nitrogens is 1. The third kappa shape index (κ3) is 4.34. The van der Waals surface area contributed by atoms with Crippen molar-refractivity contribution in [3.05, 3.63) is 52.3 Å². The molecule has 21 heavy (non-hydrogen) atoms. The van der Waals surface area contributed by atoms with E-state index in [1.807, 2.05) is 0 Å². The van der Waals surface area contributed by atoms with E-state index in [1.54, 1.807) is 18.2 Å². The number of hydrogen-bond donors (Lipinski definition) is 3. The zero-order valence-electron chi connectivity index (χ0n) is 10.4. The van der Waals surface area contributed by atoms with Gasteiger partial charge >= 0.3 is 12.0 Å². The summed E-state index contributed by atoms with van der Waals surface area (Å²) in [5, 5.41) is 14.6. The fourth-order valence-electron chi connectivity index (χ4n) is 1.51. The second-order valence-electron chi connectivity index (χ2n) is 3.97. The zero-order valence-corrected chi connectivity index (χ0v) is 11.9. The number of rotatable bonds is 3. The van der Waals surface area contributed by atoms with Crippen LogP contribution in [0.3, 0.4) is 0 Å². The number of halogens is 2. The van der Waals surface area contributed by atoms with Crippen molar-refractivity contribution in [1.82, 2.24) is 4.98 Å². The van der Waals surface area contributed by atoms with Gasteiger partial charge in [-0.25, -0.2) is 14.6 Å². The molecule has 0 aliphatic heterocycles. The number of amides is 2. The van der Waals surface area contributed by atoms with Crippen molar-refractivity contribution in [2.45, 2.75) is 0 Å². The molecule has 2 aromatic rings. The SMILES string of the molecule is O=C(Nc1ccc(C(=O)O)nc1)Nc1cc(Cl)cc(Cl)c1. The Bertz CT molecular complexity index is 669. The van der Waals surface area contributed by atoms with E-state index in [0.717, 1.165) is 0 Å². The molecule has 3 N–H and O–H groups in total. The monoisotopic (exact) mass is 325 g/mol. The highest BCUT2D eigenvalue weighted by atomic mass is 35.5. The van der Waals surface area contributed by atoms with Crippen LogP contribution in [0.4, 0.5) is 16.2 Å². The molecule has 0 fully saturated rings. The molecular weight excluding hydrogens is 317 g/mol. The molecule has 2 amide bonds. The van der Waals surface area contributed by atoms with Crippen molar-refractivity contribution in [2.75, 3.05) is 10.6 Å². The van der Waals surface area contributed by atoms with Crippen molar-refractivity contribution in [1.29, 1.82) is 0 Å². The molecule has 0 radical (unpaired) electrons. The Morgan fingerprint density at radius 3 is 2.14 bits per heavy atom.